The molecule has 1 aliphatic rings. The fourth-order valence-corrected chi connectivity index (χ4v) is 3.43. The Hall–Kier alpha value is -1.55. The molecule has 1 unspecified atom stereocenters. The first kappa shape index (κ1) is 16.8. The van der Waals surface area contributed by atoms with Gasteiger partial charge in [0.25, 0.3) is 5.69 Å². The van der Waals surface area contributed by atoms with Crippen molar-refractivity contribution < 1.29 is 18.1 Å². The number of nitrogens with one attached hydrogen (secondary N) is 1. The van der Waals surface area contributed by atoms with Crippen LogP contribution < -0.4 is 4.72 Å². The predicted octanol–water partition coefficient (Wildman–Crippen LogP) is 0.512. The van der Waals surface area contributed by atoms with Crippen LogP contribution in [0.25, 0.3) is 0 Å². The minimum Gasteiger partial charge on any atom is -0.374 e. The highest BCUT2D eigenvalue weighted by molar-refractivity contribution is 7.89. The van der Waals surface area contributed by atoms with E-state index in [4.69, 9.17) is 4.74 Å². The van der Waals surface area contributed by atoms with Crippen LogP contribution in [0, 0.1) is 17.0 Å². The summed E-state index contributed by atoms with van der Waals surface area (Å²) in [7, 11) is -1.77. The molecule has 0 radical (unpaired) electrons. The minimum absolute atomic E-state index is 0.0137. The molecule has 22 heavy (non-hydrogen) atoms. The molecule has 0 aliphatic carbocycles. The maximum absolute atomic E-state index is 12.2. The van der Waals surface area contributed by atoms with Gasteiger partial charge in [0.2, 0.25) is 10.0 Å². The first-order chi connectivity index (χ1) is 10.3. The van der Waals surface area contributed by atoms with Gasteiger partial charge in [-0.3, -0.25) is 10.1 Å². The summed E-state index contributed by atoms with van der Waals surface area (Å²) in [5, 5.41) is 10.8. The topological polar surface area (TPSA) is 102 Å². The van der Waals surface area contributed by atoms with Crippen molar-refractivity contribution in [3.63, 3.8) is 0 Å². The van der Waals surface area contributed by atoms with E-state index in [0.29, 0.717) is 18.7 Å². The Morgan fingerprint density at radius 1 is 1.50 bits per heavy atom. The van der Waals surface area contributed by atoms with Crippen molar-refractivity contribution in [1.82, 2.24) is 9.62 Å². The molecular formula is C13H19N3O5S. The minimum atomic E-state index is -3.71. The molecule has 0 amide bonds. The van der Waals surface area contributed by atoms with E-state index in [1.165, 1.54) is 25.1 Å². The second-order valence-electron chi connectivity index (χ2n) is 5.31. The van der Waals surface area contributed by atoms with Gasteiger partial charge in [-0.2, -0.15) is 0 Å². The van der Waals surface area contributed by atoms with E-state index >= 15 is 0 Å². The number of likely N-dealkylation sites (N-methyl/N-ethyl adjacent to an activating group) is 1. The van der Waals surface area contributed by atoms with E-state index in [9.17, 15) is 18.5 Å². The average Bonchev–Trinajstić information content (AvgIpc) is 2.45. The van der Waals surface area contributed by atoms with Crippen LogP contribution >= 0.6 is 0 Å². The number of nitro groups is 1. The molecule has 1 heterocycles. The molecule has 1 fully saturated rings. The quantitative estimate of drug-likeness (QED) is 0.624. The molecule has 1 atom stereocenters. The standard InChI is InChI=1S/C13H19N3O5S/c1-10-7-12(3-4-13(10)16(17)18)22(19,20)14-8-11-9-15(2)5-6-21-11/h3-4,7,11,14H,5-6,8-9H2,1-2H3. The Balaban J connectivity index is 2.07. The summed E-state index contributed by atoms with van der Waals surface area (Å²) in [5.74, 6) is 0. The van der Waals surface area contributed by atoms with Gasteiger partial charge in [-0.05, 0) is 26.1 Å². The zero-order valence-corrected chi connectivity index (χ0v) is 13.3. The number of benzene rings is 1. The monoisotopic (exact) mass is 329 g/mol. The summed E-state index contributed by atoms with van der Waals surface area (Å²) in [6.45, 7) is 3.73. The summed E-state index contributed by atoms with van der Waals surface area (Å²) < 4.78 is 32.5. The van der Waals surface area contributed by atoms with E-state index in [0.717, 1.165) is 6.54 Å². The van der Waals surface area contributed by atoms with Crippen LogP contribution in [0.15, 0.2) is 23.1 Å². The van der Waals surface area contributed by atoms with Crippen molar-refractivity contribution in [3.8, 4) is 0 Å². The van der Waals surface area contributed by atoms with Crippen molar-refractivity contribution in [3.05, 3.63) is 33.9 Å². The highest BCUT2D eigenvalue weighted by atomic mass is 32.2. The van der Waals surface area contributed by atoms with E-state index < -0.39 is 14.9 Å². The summed E-state index contributed by atoms with van der Waals surface area (Å²) >= 11 is 0. The molecule has 0 saturated carbocycles. The second-order valence-corrected chi connectivity index (χ2v) is 7.08. The number of nitrogens with zero attached hydrogens (tertiary/aromatic N) is 2. The molecule has 0 aromatic heterocycles. The van der Waals surface area contributed by atoms with Crippen molar-refractivity contribution >= 4 is 15.7 Å². The van der Waals surface area contributed by atoms with Gasteiger partial charge in [0.05, 0.1) is 22.5 Å². The molecule has 8 nitrogen and oxygen atoms in total. The normalized spacial score (nSPS) is 20.0. The fraction of sp³-hybridized carbons (Fsp3) is 0.538. The number of sulfonamides is 1. The van der Waals surface area contributed by atoms with E-state index in [1.807, 2.05) is 7.05 Å². The van der Waals surface area contributed by atoms with Gasteiger partial charge in [-0.15, -0.1) is 0 Å². The van der Waals surface area contributed by atoms with Crippen LogP contribution in [-0.4, -0.2) is 57.6 Å². The van der Waals surface area contributed by atoms with Crippen molar-refractivity contribution in [2.45, 2.75) is 17.9 Å². The number of hydrogen-bond acceptors (Lipinski definition) is 6. The first-order valence-electron chi connectivity index (χ1n) is 6.84. The summed E-state index contributed by atoms with van der Waals surface area (Å²) in [6, 6.07) is 3.74. The molecule has 0 spiro atoms. The third-order valence-corrected chi connectivity index (χ3v) is 4.94. The third kappa shape index (κ3) is 4.01. The van der Waals surface area contributed by atoms with Crippen LogP contribution in [0.1, 0.15) is 5.56 Å². The molecule has 0 bridgehead atoms. The molecule has 1 aromatic carbocycles. The van der Waals surface area contributed by atoms with Gasteiger partial charge >= 0.3 is 0 Å². The Kier molecular flexibility index (Phi) is 5.12. The van der Waals surface area contributed by atoms with E-state index in [2.05, 4.69) is 9.62 Å². The lowest BCUT2D eigenvalue weighted by Gasteiger charge is -2.30. The molecule has 1 saturated heterocycles. The van der Waals surface area contributed by atoms with Crippen LogP contribution in [0.3, 0.4) is 0 Å². The Morgan fingerprint density at radius 3 is 2.82 bits per heavy atom. The van der Waals surface area contributed by atoms with Crippen molar-refractivity contribution in [2.75, 3.05) is 33.3 Å². The SMILES string of the molecule is Cc1cc(S(=O)(=O)NCC2CN(C)CCO2)ccc1[N+](=O)[O-]. The van der Waals surface area contributed by atoms with Crippen molar-refractivity contribution in [2.24, 2.45) is 0 Å². The van der Waals surface area contributed by atoms with Crippen LogP contribution in [0.5, 0.6) is 0 Å². The number of hydrogen-bond donors (Lipinski definition) is 1. The molecular weight excluding hydrogens is 310 g/mol. The number of morpholine rings is 1. The smallest absolute Gasteiger partial charge is 0.272 e. The van der Waals surface area contributed by atoms with Crippen molar-refractivity contribution in [1.29, 1.82) is 0 Å². The maximum atomic E-state index is 12.2. The summed E-state index contributed by atoms with van der Waals surface area (Å²) in [6.07, 6.45) is -0.201. The lowest BCUT2D eigenvalue weighted by Crippen LogP contribution is -2.45. The largest absolute Gasteiger partial charge is 0.374 e. The Morgan fingerprint density at radius 2 is 2.23 bits per heavy atom. The second kappa shape index (κ2) is 6.69. The molecule has 9 heteroatoms. The fourth-order valence-electron chi connectivity index (χ4n) is 2.28. The van der Waals surface area contributed by atoms with Gasteiger partial charge in [-0.25, -0.2) is 13.1 Å². The predicted molar refractivity (Wildman–Crippen MR) is 80.3 cm³/mol. The van der Waals surface area contributed by atoms with Gasteiger partial charge in [0, 0.05) is 31.3 Å². The molecule has 1 aromatic rings. The summed E-state index contributed by atoms with van der Waals surface area (Å²) in [5.41, 5.74) is 0.206. The van der Waals surface area contributed by atoms with Gasteiger partial charge < -0.3 is 9.64 Å². The Bertz CT molecular complexity index is 662. The lowest BCUT2D eigenvalue weighted by atomic mass is 10.2. The van der Waals surface area contributed by atoms with Crippen LogP contribution in [0.4, 0.5) is 5.69 Å². The lowest BCUT2D eigenvalue weighted by molar-refractivity contribution is -0.385. The van der Waals surface area contributed by atoms with Crippen LogP contribution in [-0.2, 0) is 14.8 Å². The average molecular weight is 329 g/mol. The number of aryl methyl sites for hydroxylation is 1. The molecule has 122 valence electrons. The first-order valence-corrected chi connectivity index (χ1v) is 8.33. The highest BCUT2D eigenvalue weighted by Crippen LogP contribution is 2.21. The van der Waals surface area contributed by atoms with Crippen LogP contribution in [0.2, 0.25) is 0 Å². The Labute approximate surface area is 129 Å². The van der Waals surface area contributed by atoms with Gasteiger partial charge in [0.15, 0.2) is 0 Å². The maximum Gasteiger partial charge on any atom is 0.272 e. The van der Waals surface area contributed by atoms with E-state index in [1.54, 1.807) is 0 Å². The molecule has 2 rings (SSSR count). The number of ether oxygens (including phenoxy) is 1. The number of rotatable bonds is 5. The highest BCUT2D eigenvalue weighted by Gasteiger charge is 2.22. The zero-order valence-electron chi connectivity index (χ0n) is 12.5. The summed E-state index contributed by atoms with van der Waals surface area (Å²) in [4.78, 5) is 12.3. The van der Waals surface area contributed by atoms with E-state index in [-0.39, 0.29) is 23.2 Å². The third-order valence-electron chi connectivity index (χ3n) is 3.52. The molecule has 1 aliphatic heterocycles. The molecule has 1 N–H and O–H groups in total. The van der Waals surface area contributed by atoms with Gasteiger partial charge in [0.1, 0.15) is 0 Å². The zero-order chi connectivity index (χ0) is 16.3. The number of nitro benzene ring substituents is 1. The van der Waals surface area contributed by atoms with Gasteiger partial charge in [-0.1, -0.05) is 0 Å².